The van der Waals surface area contributed by atoms with Crippen LogP contribution < -0.4 is 0 Å². The predicted octanol–water partition coefficient (Wildman–Crippen LogP) is 1.86. The number of alkyl halides is 3. The fourth-order valence-electron chi connectivity index (χ4n) is 2.06. The summed E-state index contributed by atoms with van der Waals surface area (Å²) in [4.78, 5) is 11.4. The Morgan fingerprint density at radius 3 is 2.32 bits per heavy atom. The van der Waals surface area contributed by atoms with Gasteiger partial charge < -0.3 is 4.74 Å². The highest BCUT2D eigenvalue weighted by molar-refractivity contribution is 7.89. The first-order valence-electron chi connectivity index (χ1n) is 6.41. The summed E-state index contributed by atoms with van der Waals surface area (Å²) in [6, 6.07) is 5.34. The van der Waals surface area contributed by atoms with Crippen LogP contribution in [0.3, 0.4) is 0 Å². The van der Waals surface area contributed by atoms with Crippen LogP contribution >= 0.6 is 0 Å². The number of rotatable bonds is 4. The van der Waals surface area contributed by atoms with E-state index in [4.69, 9.17) is 0 Å². The number of carbonyl (C=O) groups is 1. The minimum absolute atomic E-state index is 0.128. The highest BCUT2D eigenvalue weighted by Crippen LogP contribution is 2.50. The molecule has 1 fully saturated rings. The van der Waals surface area contributed by atoms with Gasteiger partial charge in [0.05, 0.1) is 18.0 Å². The number of nitrogens with zero attached hydrogens (tertiary/aromatic N) is 1. The van der Waals surface area contributed by atoms with E-state index in [9.17, 15) is 26.4 Å². The lowest BCUT2D eigenvalue weighted by Gasteiger charge is -2.19. The molecule has 22 heavy (non-hydrogen) atoms. The molecule has 122 valence electrons. The molecule has 2 atom stereocenters. The van der Waals surface area contributed by atoms with Crippen LogP contribution in [0.5, 0.6) is 0 Å². The van der Waals surface area contributed by atoms with Crippen molar-refractivity contribution in [2.24, 2.45) is 0 Å². The lowest BCUT2D eigenvalue weighted by atomic mass is 10.1. The Morgan fingerprint density at radius 2 is 1.86 bits per heavy atom. The average Bonchev–Trinajstić information content (AvgIpc) is 3.16. The highest BCUT2D eigenvalue weighted by Gasteiger charge is 2.79. The Kier molecular flexibility index (Phi) is 3.99. The number of hydrogen-bond acceptors (Lipinski definition) is 4. The summed E-state index contributed by atoms with van der Waals surface area (Å²) in [5.74, 6) is -1.60. The maximum absolute atomic E-state index is 13.2. The van der Waals surface area contributed by atoms with Crippen molar-refractivity contribution in [2.45, 2.75) is 30.5 Å². The van der Waals surface area contributed by atoms with Crippen LogP contribution in [0.15, 0.2) is 29.2 Å². The van der Waals surface area contributed by atoms with Gasteiger partial charge in [0.2, 0.25) is 15.6 Å². The van der Waals surface area contributed by atoms with E-state index in [2.05, 4.69) is 4.74 Å². The number of ether oxygens (including phenoxy) is 1. The van der Waals surface area contributed by atoms with Gasteiger partial charge in [0.25, 0.3) is 0 Å². The molecular formula is C13H14F3NO4S. The van der Waals surface area contributed by atoms with E-state index in [1.165, 1.54) is 31.2 Å². The molecule has 0 spiro atoms. The standard InChI is InChI=1S/C13H14F3NO4S/c1-3-21-11(18)12(13(14,15)16)8-17(12)22(19,20)10-6-4-9(2)5-7-10/h4-7H,3,8H2,1-2H3/t12-,17?/m0/s1. The largest absolute Gasteiger partial charge is 0.464 e. The number of benzene rings is 1. The molecule has 1 aliphatic rings. The number of aryl methyl sites for hydroxylation is 1. The molecule has 1 saturated heterocycles. The van der Waals surface area contributed by atoms with Crippen LogP contribution in [0.25, 0.3) is 0 Å². The molecule has 0 amide bonds. The molecule has 1 heterocycles. The maximum atomic E-state index is 13.2. The van der Waals surface area contributed by atoms with Crippen molar-refractivity contribution in [3.05, 3.63) is 29.8 Å². The molecule has 0 N–H and O–H groups in total. The van der Waals surface area contributed by atoms with Crippen molar-refractivity contribution in [1.82, 2.24) is 4.31 Å². The molecule has 0 aliphatic carbocycles. The summed E-state index contributed by atoms with van der Waals surface area (Å²) in [6.07, 6.45) is -5.04. The van der Waals surface area contributed by atoms with Crippen LogP contribution in [0.2, 0.25) is 0 Å². The molecular weight excluding hydrogens is 323 g/mol. The summed E-state index contributed by atoms with van der Waals surface area (Å²) >= 11 is 0. The van der Waals surface area contributed by atoms with E-state index >= 15 is 0 Å². The molecule has 0 aromatic heterocycles. The molecule has 1 unspecified atom stereocenters. The van der Waals surface area contributed by atoms with Gasteiger partial charge in [-0.25, -0.2) is 13.2 Å². The van der Waals surface area contributed by atoms with Crippen LogP contribution in [0.4, 0.5) is 13.2 Å². The lowest BCUT2D eigenvalue weighted by Crippen LogP contribution is -2.46. The number of esters is 1. The van der Waals surface area contributed by atoms with E-state index < -0.39 is 34.3 Å². The van der Waals surface area contributed by atoms with E-state index in [1.807, 2.05) is 0 Å². The molecule has 5 nitrogen and oxygen atoms in total. The molecule has 9 heteroatoms. The first kappa shape index (κ1) is 16.8. The zero-order chi connectivity index (χ0) is 16.8. The Balaban J connectivity index is 2.41. The second-order valence-corrected chi connectivity index (χ2v) is 6.77. The minimum Gasteiger partial charge on any atom is -0.464 e. The Bertz CT molecular complexity index is 684. The summed E-state index contributed by atoms with van der Waals surface area (Å²) in [7, 11) is -4.42. The van der Waals surface area contributed by atoms with Crippen molar-refractivity contribution < 1.29 is 31.1 Å². The fourth-order valence-corrected chi connectivity index (χ4v) is 3.74. The third-order valence-corrected chi connectivity index (χ3v) is 5.27. The molecule has 1 aliphatic heterocycles. The van der Waals surface area contributed by atoms with Crippen LogP contribution in [-0.4, -0.2) is 43.6 Å². The van der Waals surface area contributed by atoms with E-state index in [0.29, 0.717) is 0 Å². The first-order chi connectivity index (χ1) is 10.1. The maximum Gasteiger partial charge on any atom is 0.419 e. The number of hydrogen-bond donors (Lipinski definition) is 0. The number of carbonyl (C=O) groups excluding carboxylic acids is 1. The van der Waals surface area contributed by atoms with Crippen molar-refractivity contribution in [3.8, 4) is 0 Å². The van der Waals surface area contributed by atoms with Gasteiger partial charge in [-0.3, -0.25) is 0 Å². The summed E-state index contributed by atoms with van der Waals surface area (Å²) < 4.78 is 68.8. The van der Waals surface area contributed by atoms with Gasteiger partial charge in [-0.05, 0) is 26.0 Å². The van der Waals surface area contributed by atoms with Crippen molar-refractivity contribution in [1.29, 1.82) is 0 Å². The molecule has 0 bridgehead atoms. The second kappa shape index (κ2) is 5.24. The molecule has 2 rings (SSSR count). The summed E-state index contributed by atoms with van der Waals surface area (Å²) in [5.41, 5.74) is -2.36. The summed E-state index contributed by atoms with van der Waals surface area (Å²) in [5, 5.41) is 0. The average molecular weight is 337 g/mol. The van der Waals surface area contributed by atoms with Crippen LogP contribution in [0.1, 0.15) is 12.5 Å². The van der Waals surface area contributed by atoms with E-state index in [1.54, 1.807) is 6.92 Å². The Morgan fingerprint density at radius 1 is 1.32 bits per heavy atom. The van der Waals surface area contributed by atoms with Gasteiger partial charge in [-0.15, -0.1) is 0 Å². The van der Waals surface area contributed by atoms with Crippen molar-refractivity contribution >= 4 is 16.0 Å². The second-order valence-electron chi connectivity index (χ2n) is 4.90. The van der Waals surface area contributed by atoms with E-state index in [0.717, 1.165) is 5.56 Å². The smallest absolute Gasteiger partial charge is 0.419 e. The number of halogens is 3. The first-order valence-corrected chi connectivity index (χ1v) is 7.85. The van der Waals surface area contributed by atoms with Crippen LogP contribution in [0, 0.1) is 6.92 Å². The van der Waals surface area contributed by atoms with Crippen LogP contribution in [-0.2, 0) is 19.6 Å². The van der Waals surface area contributed by atoms with Crippen molar-refractivity contribution in [3.63, 3.8) is 0 Å². The van der Waals surface area contributed by atoms with Gasteiger partial charge >= 0.3 is 12.1 Å². The highest BCUT2D eigenvalue weighted by atomic mass is 32.2. The van der Waals surface area contributed by atoms with Gasteiger partial charge in [0.15, 0.2) is 0 Å². The molecule has 1 aromatic rings. The zero-order valence-corrected chi connectivity index (χ0v) is 12.7. The summed E-state index contributed by atoms with van der Waals surface area (Å²) in [6.45, 7) is 1.83. The fraction of sp³-hybridized carbons (Fsp3) is 0.462. The predicted molar refractivity (Wildman–Crippen MR) is 70.5 cm³/mol. The SMILES string of the molecule is CCOC(=O)[C@]1(C(F)(F)F)CN1S(=O)(=O)c1ccc(C)cc1. The monoisotopic (exact) mass is 337 g/mol. The minimum atomic E-state index is -5.04. The van der Waals surface area contributed by atoms with Crippen molar-refractivity contribution in [2.75, 3.05) is 13.2 Å². The molecule has 0 radical (unpaired) electrons. The normalized spacial score (nSPS) is 24.9. The third-order valence-electron chi connectivity index (χ3n) is 3.39. The van der Waals surface area contributed by atoms with Gasteiger partial charge in [0, 0.05) is 0 Å². The van der Waals surface area contributed by atoms with Gasteiger partial charge in [-0.1, -0.05) is 17.7 Å². The lowest BCUT2D eigenvalue weighted by molar-refractivity contribution is -0.191. The molecule has 1 aromatic carbocycles. The quantitative estimate of drug-likeness (QED) is 0.621. The third kappa shape index (κ3) is 2.48. The zero-order valence-electron chi connectivity index (χ0n) is 11.8. The topological polar surface area (TPSA) is 63.5 Å². The Labute approximate surface area is 125 Å². The molecule has 0 saturated carbocycles. The van der Waals surface area contributed by atoms with E-state index in [-0.39, 0.29) is 15.8 Å². The van der Waals surface area contributed by atoms with Gasteiger partial charge in [0.1, 0.15) is 0 Å². The number of sulfonamides is 1. The Hall–Kier alpha value is -1.61. The van der Waals surface area contributed by atoms with Gasteiger partial charge in [-0.2, -0.15) is 17.5 Å².